The molecule has 11 heteroatoms. The van der Waals surface area contributed by atoms with Gasteiger partial charge in [0.15, 0.2) is 0 Å². The molecule has 0 saturated heterocycles. The first-order chi connectivity index (χ1) is 10.8. The van der Waals surface area contributed by atoms with Gasteiger partial charge in [0.05, 0.1) is 0 Å². The van der Waals surface area contributed by atoms with Crippen LogP contribution in [0.3, 0.4) is 0 Å². The maximum Gasteiger partial charge on any atom is 0.291 e. The normalized spacial score (nSPS) is 11.8. The summed E-state index contributed by atoms with van der Waals surface area (Å²) in [5.74, 6) is -2.14. The molecule has 0 aliphatic heterocycles. The number of aromatic nitrogens is 3. The van der Waals surface area contributed by atoms with Gasteiger partial charge in [-0.1, -0.05) is 17.4 Å². The Morgan fingerprint density at radius 1 is 1.26 bits per heavy atom. The highest BCUT2D eigenvalue weighted by atomic mass is 32.2. The van der Waals surface area contributed by atoms with E-state index in [1.54, 1.807) is 11.6 Å². The number of nitrogens with one attached hydrogen (secondary N) is 1. The number of halogens is 2. The van der Waals surface area contributed by atoms with Crippen molar-refractivity contribution in [2.75, 3.05) is 4.72 Å². The molecule has 0 bridgehead atoms. The molecule has 0 radical (unpaired) electrons. The van der Waals surface area contributed by atoms with Crippen molar-refractivity contribution in [3.63, 3.8) is 0 Å². The number of sulfonamides is 1. The quantitative estimate of drug-likeness (QED) is 0.766. The van der Waals surface area contributed by atoms with Crippen LogP contribution in [0, 0.1) is 18.6 Å². The zero-order chi connectivity index (χ0) is 16.8. The van der Waals surface area contributed by atoms with Crippen LogP contribution in [-0.2, 0) is 10.0 Å². The lowest BCUT2D eigenvalue weighted by molar-refractivity contribution is 0.581. The first-order valence-corrected chi connectivity index (χ1v) is 8.42. The zero-order valence-corrected chi connectivity index (χ0v) is 13.1. The van der Waals surface area contributed by atoms with Crippen LogP contribution in [0.5, 0.6) is 0 Å². The van der Waals surface area contributed by atoms with Crippen LogP contribution in [-0.4, -0.2) is 23.0 Å². The number of fused-ring (bicyclic) bond motifs is 1. The molecule has 0 atom stereocenters. The number of hydrogen-bond acceptors (Lipinski definition) is 6. The van der Waals surface area contributed by atoms with Gasteiger partial charge in [-0.15, -0.1) is 5.10 Å². The van der Waals surface area contributed by atoms with Crippen molar-refractivity contribution >= 4 is 32.0 Å². The van der Waals surface area contributed by atoms with Crippen LogP contribution in [0.2, 0.25) is 0 Å². The van der Waals surface area contributed by atoms with Gasteiger partial charge in [0.25, 0.3) is 19.9 Å². The smallest absolute Gasteiger partial charge is 0.272 e. The lowest BCUT2D eigenvalue weighted by Crippen LogP contribution is -2.18. The molecule has 0 aliphatic rings. The van der Waals surface area contributed by atoms with Gasteiger partial charge in [-0.05, 0) is 19.1 Å². The van der Waals surface area contributed by atoms with Gasteiger partial charge in [0, 0.05) is 11.8 Å². The Labute approximate surface area is 132 Å². The minimum Gasteiger partial charge on any atom is -0.272 e. The second-order valence-electron chi connectivity index (χ2n) is 4.50. The highest BCUT2D eigenvalue weighted by Gasteiger charge is 2.24. The van der Waals surface area contributed by atoms with Crippen molar-refractivity contribution in [2.24, 2.45) is 0 Å². The number of rotatable bonds is 3. The first kappa shape index (κ1) is 15.5. The molecule has 3 rings (SSSR count). The molecule has 2 aromatic heterocycles. The molecule has 1 N–H and O–H groups in total. The van der Waals surface area contributed by atoms with Crippen molar-refractivity contribution in [3.05, 3.63) is 51.9 Å². The van der Waals surface area contributed by atoms with E-state index in [1.165, 1.54) is 6.07 Å². The third-order valence-corrected chi connectivity index (χ3v) is 5.41. The van der Waals surface area contributed by atoms with Crippen LogP contribution in [0.4, 0.5) is 14.5 Å². The summed E-state index contributed by atoms with van der Waals surface area (Å²) in [7, 11) is -4.37. The molecule has 7 nitrogen and oxygen atoms in total. The van der Waals surface area contributed by atoms with Gasteiger partial charge >= 0.3 is 0 Å². The highest BCUT2D eigenvalue weighted by Crippen LogP contribution is 2.24. The van der Waals surface area contributed by atoms with Gasteiger partial charge in [0.2, 0.25) is 4.96 Å². The number of anilines is 1. The van der Waals surface area contributed by atoms with E-state index in [4.69, 9.17) is 0 Å². The van der Waals surface area contributed by atoms with E-state index in [0.29, 0.717) is 17.0 Å². The molecule has 0 spiro atoms. The largest absolute Gasteiger partial charge is 0.291 e. The fourth-order valence-corrected chi connectivity index (χ4v) is 4.00. The van der Waals surface area contributed by atoms with Crippen molar-refractivity contribution in [3.8, 4) is 0 Å². The summed E-state index contributed by atoms with van der Waals surface area (Å²) in [6.45, 7) is 1.57. The zero-order valence-electron chi connectivity index (χ0n) is 11.4. The monoisotopic (exact) mass is 358 g/mol. The first-order valence-electron chi connectivity index (χ1n) is 6.12. The van der Waals surface area contributed by atoms with Crippen molar-refractivity contribution in [1.82, 2.24) is 14.6 Å². The predicted molar refractivity (Wildman–Crippen MR) is 79.0 cm³/mol. The Hall–Kier alpha value is -2.40. The fraction of sp³-hybridized carbons (Fsp3) is 0.0833. The van der Waals surface area contributed by atoms with Crippen LogP contribution in [0.15, 0.2) is 33.4 Å². The molecule has 1 aromatic carbocycles. The Morgan fingerprint density at radius 3 is 2.57 bits per heavy atom. The van der Waals surface area contributed by atoms with E-state index in [1.807, 2.05) is 0 Å². The number of hydrogen-bond donors (Lipinski definition) is 1. The molecule has 2 heterocycles. The average Bonchev–Trinajstić information content (AvgIpc) is 2.88. The maximum atomic E-state index is 13.6. The van der Waals surface area contributed by atoms with Crippen LogP contribution in [0.25, 0.3) is 4.96 Å². The molecular formula is C12H8F2N4O3S2. The van der Waals surface area contributed by atoms with E-state index >= 15 is 0 Å². The molecule has 0 fully saturated rings. The second-order valence-corrected chi connectivity index (χ2v) is 7.31. The van der Waals surface area contributed by atoms with Crippen molar-refractivity contribution in [2.45, 2.75) is 11.3 Å². The van der Waals surface area contributed by atoms with E-state index in [-0.39, 0.29) is 4.96 Å². The minimum absolute atomic E-state index is 0.0596. The lowest BCUT2D eigenvalue weighted by atomic mass is 10.3. The molecule has 3 aromatic rings. The van der Waals surface area contributed by atoms with Crippen LogP contribution >= 0.6 is 11.3 Å². The number of benzene rings is 1. The molecule has 0 aliphatic carbocycles. The summed E-state index contributed by atoms with van der Waals surface area (Å²) in [5.41, 5.74) is -0.971. The standard InChI is InChI=1S/C12H8F2N4O3S2/c1-6-5-9(19)18-11(15-6)22-12(16-18)23(20,21)17-10-7(13)3-2-4-8(10)14/h2-5,17H,1H3. The maximum absolute atomic E-state index is 13.6. The van der Waals surface area contributed by atoms with Gasteiger partial charge < -0.3 is 0 Å². The topological polar surface area (TPSA) is 93.4 Å². The van der Waals surface area contributed by atoms with E-state index in [9.17, 15) is 22.0 Å². The summed E-state index contributed by atoms with van der Waals surface area (Å²) in [4.78, 5) is 15.8. The summed E-state index contributed by atoms with van der Waals surface area (Å²) in [6.07, 6.45) is 0. The third kappa shape index (κ3) is 2.80. The average molecular weight is 358 g/mol. The number of para-hydroxylation sites is 1. The summed E-state index contributed by atoms with van der Waals surface area (Å²) >= 11 is 0.609. The fourth-order valence-electron chi connectivity index (χ4n) is 1.78. The SMILES string of the molecule is Cc1cc(=O)n2nc(S(=O)(=O)Nc3c(F)cccc3F)sc2n1. The predicted octanol–water partition coefficient (Wildman–Crippen LogP) is 1.54. The number of nitrogens with zero attached hydrogens (tertiary/aromatic N) is 3. The van der Waals surface area contributed by atoms with E-state index in [2.05, 4.69) is 10.1 Å². The molecule has 23 heavy (non-hydrogen) atoms. The number of aryl methyl sites for hydroxylation is 1. The van der Waals surface area contributed by atoms with Crippen LogP contribution in [0.1, 0.15) is 5.69 Å². The van der Waals surface area contributed by atoms with E-state index in [0.717, 1.165) is 22.7 Å². The lowest BCUT2D eigenvalue weighted by Gasteiger charge is -2.06. The molecule has 120 valence electrons. The summed E-state index contributed by atoms with van der Waals surface area (Å²) in [5, 5.41) is 3.65. The Bertz CT molecular complexity index is 1060. The van der Waals surface area contributed by atoms with Gasteiger partial charge in [-0.25, -0.2) is 13.8 Å². The van der Waals surface area contributed by atoms with E-state index < -0.39 is 37.2 Å². The highest BCUT2D eigenvalue weighted by molar-refractivity contribution is 7.94. The molecule has 0 saturated carbocycles. The van der Waals surface area contributed by atoms with Gasteiger partial charge in [-0.3, -0.25) is 9.52 Å². The van der Waals surface area contributed by atoms with Crippen molar-refractivity contribution in [1.29, 1.82) is 0 Å². The Morgan fingerprint density at radius 2 is 1.91 bits per heavy atom. The van der Waals surface area contributed by atoms with Gasteiger partial charge in [-0.2, -0.15) is 12.9 Å². The summed E-state index contributed by atoms with van der Waals surface area (Å²) in [6, 6.07) is 4.11. The van der Waals surface area contributed by atoms with Crippen LogP contribution < -0.4 is 10.3 Å². The van der Waals surface area contributed by atoms with Crippen molar-refractivity contribution < 1.29 is 17.2 Å². The second kappa shape index (κ2) is 5.35. The molecular weight excluding hydrogens is 350 g/mol. The summed E-state index contributed by atoms with van der Waals surface area (Å²) < 4.78 is 53.7. The molecule has 0 amide bonds. The Kier molecular flexibility index (Phi) is 3.60. The minimum atomic E-state index is -4.37. The third-order valence-electron chi connectivity index (χ3n) is 2.78. The Balaban J connectivity index is 2.10. The van der Waals surface area contributed by atoms with Gasteiger partial charge in [0.1, 0.15) is 17.3 Å². The molecule has 0 unspecified atom stereocenters.